The maximum Gasteiger partial charge on any atom is 0.289 e. The molecule has 7 heteroatoms. The summed E-state index contributed by atoms with van der Waals surface area (Å²) in [5.41, 5.74) is 0.194. The van der Waals surface area contributed by atoms with Crippen LogP contribution in [-0.4, -0.2) is 73.4 Å². The average molecular weight is 372 g/mol. The third kappa shape index (κ3) is 3.76. The Kier molecular flexibility index (Phi) is 5.24. The summed E-state index contributed by atoms with van der Waals surface area (Å²) in [6, 6.07) is 8.19. The second-order valence-electron chi connectivity index (χ2n) is 7.30. The molecule has 1 N–H and O–H groups in total. The van der Waals surface area contributed by atoms with Crippen molar-refractivity contribution in [2.24, 2.45) is 11.8 Å². The standard InChI is InChI=1S/C20H24N2O5/c23-13-15-12-22(11-14(15)10-21-5-7-26-8-6-21)20(25)19-9-17(24)16-3-1-2-4-18(16)27-19/h1-4,9,14-15,23H,5-8,10-13H2/t14-,15-/m0/s1. The lowest BCUT2D eigenvalue weighted by Gasteiger charge is -2.30. The normalized spacial score (nSPS) is 23.8. The van der Waals surface area contributed by atoms with Crippen molar-refractivity contribution >= 4 is 16.9 Å². The molecule has 2 atom stereocenters. The third-order valence-corrected chi connectivity index (χ3v) is 5.54. The number of aliphatic hydroxyl groups excluding tert-OH is 1. The molecular weight excluding hydrogens is 348 g/mol. The van der Waals surface area contributed by atoms with Gasteiger partial charge in [0.05, 0.1) is 18.6 Å². The molecule has 3 heterocycles. The van der Waals surface area contributed by atoms with Crippen LogP contribution in [0.2, 0.25) is 0 Å². The van der Waals surface area contributed by atoms with E-state index in [4.69, 9.17) is 9.15 Å². The van der Waals surface area contributed by atoms with Crippen molar-refractivity contribution in [1.82, 2.24) is 9.80 Å². The second kappa shape index (κ2) is 7.80. The zero-order chi connectivity index (χ0) is 18.8. The first-order valence-electron chi connectivity index (χ1n) is 9.39. The fraction of sp³-hybridized carbons (Fsp3) is 0.500. The van der Waals surface area contributed by atoms with E-state index in [1.54, 1.807) is 29.2 Å². The number of hydrogen-bond acceptors (Lipinski definition) is 6. The summed E-state index contributed by atoms with van der Waals surface area (Å²) >= 11 is 0. The van der Waals surface area contributed by atoms with E-state index >= 15 is 0 Å². The number of carbonyl (C=O) groups is 1. The number of morpholine rings is 1. The van der Waals surface area contributed by atoms with E-state index in [1.807, 2.05) is 0 Å². The van der Waals surface area contributed by atoms with Gasteiger partial charge in [-0.1, -0.05) is 12.1 Å². The average Bonchev–Trinajstić information content (AvgIpc) is 3.11. The minimum atomic E-state index is -0.291. The zero-order valence-corrected chi connectivity index (χ0v) is 15.2. The van der Waals surface area contributed by atoms with E-state index in [0.717, 1.165) is 32.8 Å². The van der Waals surface area contributed by atoms with Crippen LogP contribution in [0.1, 0.15) is 10.6 Å². The van der Waals surface area contributed by atoms with Crippen LogP contribution >= 0.6 is 0 Å². The molecule has 27 heavy (non-hydrogen) atoms. The van der Waals surface area contributed by atoms with Crippen molar-refractivity contribution in [2.75, 3.05) is 52.5 Å². The smallest absolute Gasteiger partial charge is 0.289 e. The molecule has 4 rings (SSSR count). The minimum Gasteiger partial charge on any atom is -0.451 e. The number of fused-ring (bicyclic) bond motifs is 1. The Morgan fingerprint density at radius 3 is 2.67 bits per heavy atom. The molecule has 0 unspecified atom stereocenters. The molecule has 1 aromatic heterocycles. The number of rotatable bonds is 4. The first kappa shape index (κ1) is 18.2. The lowest BCUT2D eigenvalue weighted by Crippen LogP contribution is -2.41. The lowest BCUT2D eigenvalue weighted by molar-refractivity contribution is 0.0264. The van der Waals surface area contributed by atoms with Gasteiger partial charge in [-0.2, -0.15) is 0 Å². The summed E-state index contributed by atoms with van der Waals surface area (Å²) in [6.45, 7) is 5.10. The summed E-state index contributed by atoms with van der Waals surface area (Å²) in [5, 5.41) is 10.2. The Morgan fingerprint density at radius 2 is 1.89 bits per heavy atom. The molecule has 7 nitrogen and oxygen atoms in total. The van der Waals surface area contributed by atoms with Crippen LogP contribution < -0.4 is 5.43 Å². The molecule has 1 aromatic carbocycles. The monoisotopic (exact) mass is 372 g/mol. The molecule has 2 aromatic rings. The highest BCUT2D eigenvalue weighted by Gasteiger charge is 2.37. The van der Waals surface area contributed by atoms with Crippen LogP contribution in [-0.2, 0) is 4.74 Å². The van der Waals surface area contributed by atoms with E-state index in [0.29, 0.717) is 24.1 Å². The van der Waals surface area contributed by atoms with Crippen molar-refractivity contribution in [3.63, 3.8) is 0 Å². The summed E-state index contributed by atoms with van der Waals surface area (Å²) in [6.07, 6.45) is 0. The lowest BCUT2D eigenvalue weighted by atomic mass is 9.96. The largest absolute Gasteiger partial charge is 0.451 e. The molecule has 0 saturated carbocycles. The van der Waals surface area contributed by atoms with Crippen LogP contribution in [0.25, 0.3) is 11.0 Å². The predicted molar refractivity (Wildman–Crippen MR) is 99.7 cm³/mol. The van der Waals surface area contributed by atoms with Gasteiger partial charge in [-0.15, -0.1) is 0 Å². The quantitative estimate of drug-likeness (QED) is 0.855. The topological polar surface area (TPSA) is 83.2 Å². The highest BCUT2D eigenvalue weighted by Crippen LogP contribution is 2.26. The molecule has 0 bridgehead atoms. The number of likely N-dealkylation sites (tertiary alicyclic amines) is 1. The van der Waals surface area contributed by atoms with Gasteiger partial charge in [-0.25, -0.2) is 0 Å². The van der Waals surface area contributed by atoms with Gasteiger partial charge < -0.3 is 19.2 Å². The number of hydrogen-bond donors (Lipinski definition) is 1. The van der Waals surface area contributed by atoms with Crippen LogP contribution in [0.4, 0.5) is 0 Å². The molecule has 0 aliphatic carbocycles. The molecule has 2 fully saturated rings. The van der Waals surface area contributed by atoms with E-state index < -0.39 is 0 Å². The Hall–Kier alpha value is -2.22. The van der Waals surface area contributed by atoms with Crippen molar-refractivity contribution in [3.05, 3.63) is 46.3 Å². The van der Waals surface area contributed by atoms with E-state index in [1.165, 1.54) is 6.07 Å². The zero-order valence-electron chi connectivity index (χ0n) is 15.2. The van der Waals surface area contributed by atoms with Gasteiger partial charge in [0, 0.05) is 51.3 Å². The van der Waals surface area contributed by atoms with Crippen molar-refractivity contribution < 1.29 is 19.1 Å². The van der Waals surface area contributed by atoms with Crippen molar-refractivity contribution in [2.45, 2.75) is 0 Å². The number of carbonyl (C=O) groups excluding carboxylic acids is 1. The fourth-order valence-electron chi connectivity index (χ4n) is 4.00. The number of amides is 1. The number of aliphatic hydroxyl groups is 1. The maximum absolute atomic E-state index is 12.9. The van der Waals surface area contributed by atoms with Gasteiger partial charge in [-0.05, 0) is 18.1 Å². The minimum absolute atomic E-state index is 0.0315. The maximum atomic E-state index is 12.9. The third-order valence-electron chi connectivity index (χ3n) is 5.54. The van der Waals surface area contributed by atoms with Gasteiger partial charge in [0.1, 0.15) is 5.58 Å². The number of ether oxygens (including phenoxy) is 1. The number of nitrogens with zero attached hydrogens (tertiary/aromatic N) is 2. The van der Waals surface area contributed by atoms with Crippen molar-refractivity contribution in [3.8, 4) is 0 Å². The van der Waals surface area contributed by atoms with Gasteiger partial charge in [-0.3, -0.25) is 14.5 Å². The predicted octanol–water partition coefficient (Wildman–Crippen LogP) is 0.806. The molecule has 2 saturated heterocycles. The van der Waals surface area contributed by atoms with Crippen LogP contribution in [0, 0.1) is 11.8 Å². The SMILES string of the molecule is O=C(c1cc(=O)c2ccccc2o1)N1C[C@@H](CO)[C@@H](CN2CCOCC2)C1. The molecular formula is C20H24N2O5. The van der Waals surface area contributed by atoms with Crippen molar-refractivity contribution in [1.29, 1.82) is 0 Å². The Balaban J connectivity index is 1.51. The van der Waals surface area contributed by atoms with Gasteiger partial charge in [0.15, 0.2) is 11.2 Å². The van der Waals surface area contributed by atoms with E-state index in [2.05, 4.69) is 4.90 Å². The van der Waals surface area contributed by atoms with Crippen LogP contribution in [0.3, 0.4) is 0 Å². The van der Waals surface area contributed by atoms with Gasteiger partial charge >= 0.3 is 0 Å². The van der Waals surface area contributed by atoms with Gasteiger partial charge in [0.25, 0.3) is 5.91 Å². The molecule has 2 aliphatic heterocycles. The van der Waals surface area contributed by atoms with Crippen LogP contribution in [0.5, 0.6) is 0 Å². The Labute approximate surface area is 157 Å². The van der Waals surface area contributed by atoms with E-state index in [9.17, 15) is 14.7 Å². The Bertz CT molecular complexity index is 874. The highest BCUT2D eigenvalue weighted by atomic mass is 16.5. The first-order chi connectivity index (χ1) is 13.2. The molecule has 2 aliphatic rings. The molecule has 1 amide bonds. The number of para-hydroxylation sites is 1. The second-order valence-corrected chi connectivity index (χ2v) is 7.30. The molecule has 0 radical (unpaired) electrons. The Morgan fingerprint density at radius 1 is 1.15 bits per heavy atom. The summed E-state index contributed by atoms with van der Waals surface area (Å²) in [4.78, 5) is 29.2. The molecule has 144 valence electrons. The fourth-order valence-corrected chi connectivity index (χ4v) is 4.00. The highest BCUT2D eigenvalue weighted by molar-refractivity contribution is 5.93. The van der Waals surface area contributed by atoms with E-state index in [-0.39, 0.29) is 35.5 Å². The first-order valence-corrected chi connectivity index (χ1v) is 9.39. The number of benzene rings is 1. The summed E-state index contributed by atoms with van der Waals surface area (Å²) < 4.78 is 11.1. The summed E-state index contributed by atoms with van der Waals surface area (Å²) in [5.74, 6) is -0.00334. The summed E-state index contributed by atoms with van der Waals surface area (Å²) in [7, 11) is 0. The molecule has 0 spiro atoms. The van der Waals surface area contributed by atoms with Gasteiger partial charge in [0.2, 0.25) is 0 Å². The van der Waals surface area contributed by atoms with Crippen LogP contribution in [0.15, 0.2) is 39.5 Å².